The van der Waals surface area contributed by atoms with Gasteiger partial charge in [-0.05, 0) is 34.6 Å². The third-order valence-electron chi connectivity index (χ3n) is 4.16. The third kappa shape index (κ3) is 4.70. The van der Waals surface area contributed by atoms with E-state index < -0.39 is 17.2 Å². The minimum Gasteiger partial charge on any atom is -0.456 e. The van der Waals surface area contributed by atoms with Gasteiger partial charge in [0, 0.05) is 44.0 Å². The number of aliphatic imine (C=N–C) groups is 1. The Morgan fingerprint density at radius 3 is 2.61 bits per heavy atom. The minimum absolute atomic E-state index is 0.272. The largest absolute Gasteiger partial charge is 0.456 e. The zero-order valence-electron chi connectivity index (χ0n) is 17.4. The van der Waals surface area contributed by atoms with Gasteiger partial charge in [-0.1, -0.05) is 11.8 Å². The Hall–Kier alpha value is -2.85. The number of carbonyl (C=O) groups excluding carboxylic acids is 1. The summed E-state index contributed by atoms with van der Waals surface area (Å²) in [4.78, 5) is 32.5. The molecular weight excluding hydrogens is 358 g/mol. The van der Waals surface area contributed by atoms with Gasteiger partial charge in [0.1, 0.15) is 16.7 Å². The van der Waals surface area contributed by atoms with Gasteiger partial charge in [-0.3, -0.25) is 4.79 Å². The van der Waals surface area contributed by atoms with E-state index in [-0.39, 0.29) is 16.6 Å². The van der Waals surface area contributed by atoms with Gasteiger partial charge in [0.25, 0.3) is 5.56 Å². The molecule has 0 fully saturated rings. The summed E-state index contributed by atoms with van der Waals surface area (Å²) in [5.41, 5.74) is -0.710. The molecule has 2 rings (SSSR count). The summed E-state index contributed by atoms with van der Waals surface area (Å²) < 4.78 is 7.08. The van der Waals surface area contributed by atoms with Crippen LogP contribution in [0.5, 0.6) is 0 Å². The number of carbonyl (C=O) groups is 1. The number of nitrogens with zero attached hydrogens (tertiary/aromatic N) is 2. The van der Waals surface area contributed by atoms with Gasteiger partial charge in [0.2, 0.25) is 0 Å². The smallest absolute Gasteiger partial charge is 0.341 e. The molecule has 28 heavy (non-hydrogen) atoms. The number of esters is 1. The van der Waals surface area contributed by atoms with Crippen molar-refractivity contribution in [2.75, 3.05) is 7.05 Å². The van der Waals surface area contributed by atoms with Crippen molar-refractivity contribution in [2.24, 2.45) is 12.0 Å². The first-order valence-corrected chi connectivity index (χ1v) is 8.98. The van der Waals surface area contributed by atoms with Crippen molar-refractivity contribution in [1.29, 1.82) is 0 Å². The molecule has 0 amide bonds. The number of hydrogen-bond acceptors (Lipinski definition) is 5. The van der Waals surface area contributed by atoms with E-state index in [4.69, 9.17) is 4.74 Å². The number of fused-ring (bicyclic) bond motifs is 1. The molecule has 0 atom stereocenters. The lowest BCUT2D eigenvalue weighted by atomic mass is 10.0. The molecule has 0 bridgehead atoms. The number of H-pyrrole nitrogens is 1. The number of aromatic amines is 1. The van der Waals surface area contributed by atoms with Gasteiger partial charge in [-0.2, -0.15) is 0 Å². The molecule has 2 aromatic rings. The maximum Gasteiger partial charge on any atom is 0.341 e. The number of aryl methyl sites for hydroxylation is 2. The van der Waals surface area contributed by atoms with Gasteiger partial charge in [-0.25, -0.2) is 4.79 Å². The van der Waals surface area contributed by atoms with E-state index >= 15 is 0 Å². The molecule has 0 aromatic carbocycles. The Labute approximate surface area is 164 Å². The van der Waals surface area contributed by atoms with E-state index in [0.29, 0.717) is 23.1 Å². The second-order valence-corrected chi connectivity index (χ2v) is 7.94. The number of aromatic nitrogens is 2. The van der Waals surface area contributed by atoms with Gasteiger partial charge >= 0.3 is 5.97 Å². The zero-order chi connectivity index (χ0) is 21.3. The maximum absolute atomic E-state index is 13.0. The highest BCUT2D eigenvalue weighted by Gasteiger charge is 2.28. The lowest BCUT2D eigenvalue weighted by Crippen LogP contribution is -2.29. The first-order valence-electron chi connectivity index (χ1n) is 8.98. The number of aliphatic hydroxyl groups is 1. The second kappa shape index (κ2) is 7.64. The molecule has 0 saturated carbocycles. The van der Waals surface area contributed by atoms with Crippen molar-refractivity contribution in [1.82, 2.24) is 9.55 Å². The lowest BCUT2D eigenvalue weighted by Gasteiger charge is -2.23. The summed E-state index contributed by atoms with van der Waals surface area (Å²) in [5, 5.41) is 10.3. The highest BCUT2D eigenvalue weighted by molar-refractivity contribution is 6.07. The fraction of sp³-hybridized carbons (Fsp3) is 0.476. The molecule has 2 aromatic heterocycles. The van der Waals surface area contributed by atoms with Crippen molar-refractivity contribution in [3.05, 3.63) is 33.4 Å². The molecule has 7 heteroatoms. The summed E-state index contributed by atoms with van der Waals surface area (Å²) in [5.74, 6) is 5.08. The van der Waals surface area contributed by atoms with Crippen molar-refractivity contribution in [3.8, 4) is 11.8 Å². The van der Waals surface area contributed by atoms with Crippen LogP contribution in [-0.2, 0) is 11.8 Å². The topological polar surface area (TPSA) is 96.7 Å². The molecule has 150 valence electrons. The number of ether oxygens (including phenoxy) is 1. The van der Waals surface area contributed by atoms with Gasteiger partial charge in [0.15, 0.2) is 0 Å². The first kappa shape index (κ1) is 21.5. The maximum atomic E-state index is 13.0. The van der Waals surface area contributed by atoms with Gasteiger partial charge in [-0.15, -0.1) is 0 Å². The van der Waals surface area contributed by atoms with Crippen molar-refractivity contribution in [3.63, 3.8) is 0 Å². The van der Waals surface area contributed by atoms with Crippen LogP contribution in [0.25, 0.3) is 10.9 Å². The lowest BCUT2D eigenvalue weighted by molar-refractivity contribution is 0.00275. The molecule has 0 radical (unpaired) electrons. The minimum atomic E-state index is -1.21. The van der Waals surface area contributed by atoms with E-state index in [1.165, 1.54) is 4.57 Å². The van der Waals surface area contributed by atoms with Crippen LogP contribution < -0.4 is 5.56 Å². The molecule has 0 spiro atoms. The summed E-state index contributed by atoms with van der Waals surface area (Å²) in [6.45, 7) is 8.43. The summed E-state index contributed by atoms with van der Waals surface area (Å²) in [6.07, 6.45) is 3.71. The molecule has 2 heterocycles. The van der Waals surface area contributed by atoms with Crippen LogP contribution in [0.1, 0.15) is 55.7 Å². The monoisotopic (exact) mass is 385 g/mol. The third-order valence-corrected chi connectivity index (χ3v) is 4.16. The average molecular weight is 385 g/mol. The van der Waals surface area contributed by atoms with Crippen LogP contribution in [0, 0.1) is 18.8 Å². The normalized spacial score (nSPS) is 12.3. The molecule has 7 nitrogen and oxygen atoms in total. The fourth-order valence-corrected chi connectivity index (χ4v) is 2.77. The number of pyridine rings is 1. The quantitative estimate of drug-likeness (QED) is 0.480. The van der Waals surface area contributed by atoms with Crippen LogP contribution in [0.2, 0.25) is 0 Å². The standard InChI is InChI=1S/C21H27N3O4/c1-13-15(19(26)28-21(4,5)10-11-22-6)16-14(8-9-20(2,3)27)12-24(7)18(25)17(16)23-13/h11-12,23,27H,10H2,1-7H3/b22-11+. The fourth-order valence-electron chi connectivity index (χ4n) is 2.77. The van der Waals surface area contributed by atoms with Gasteiger partial charge < -0.3 is 24.4 Å². The van der Waals surface area contributed by atoms with Crippen LogP contribution in [0.4, 0.5) is 0 Å². The van der Waals surface area contributed by atoms with Crippen molar-refractivity contribution < 1.29 is 14.6 Å². The number of rotatable bonds is 4. The van der Waals surface area contributed by atoms with E-state index in [2.05, 4.69) is 21.8 Å². The van der Waals surface area contributed by atoms with Crippen LogP contribution in [0.3, 0.4) is 0 Å². The first-order chi connectivity index (χ1) is 12.9. The van der Waals surface area contributed by atoms with Crippen LogP contribution in [0.15, 0.2) is 16.0 Å². The van der Waals surface area contributed by atoms with E-state index in [0.717, 1.165) is 0 Å². The van der Waals surface area contributed by atoms with Crippen molar-refractivity contribution in [2.45, 2.75) is 52.2 Å². The van der Waals surface area contributed by atoms with E-state index in [1.54, 1.807) is 61.1 Å². The van der Waals surface area contributed by atoms with Crippen molar-refractivity contribution >= 4 is 23.1 Å². The molecule has 2 N–H and O–H groups in total. The van der Waals surface area contributed by atoms with Gasteiger partial charge in [0.05, 0.1) is 11.1 Å². The molecule has 0 unspecified atom stereocenters. The molecule has 0 aliphatic heterocycles. The summed E-state index contributed by atoms with van der Waals surface area (Å²) in [6, 6.07) is 0. The Morgan fingerprint density at radius 2 is 2.04 bits per heavy atom. The second-order valence-electron chi connectivity index (χ2n) is 7.94. The Bertz CT molecular complexity index is 1050. The Balaban J connectivity index is 2.68. The van der Waals surface area contributed by atoms with E-state index in [9.17, 15) is 14.7 Å². The van der Waals surface area contributed by atoms with Crippen LogP contribution in [-0.4, -0.2) is 45.1 Å². The zero-order valence-corrected chi connectivity index (χ0v) is 17.4. The highest BCUT2D eigenvalue weighted by atomic mass is 16.6. The molecule has 0 saturated heterocycles. The number of hydrogen-bond donors (Lipinski definition) is 2. The molecule has 0 aliphatic rings. The average Bonchev–Trinajstić information content (AvgIpc) is 2.91. The van der Waals surface area contributed by atoms with Crippen LogP contribution >= 0.6 is 0 Å². The SMILES string of the molecule is C/N=C/CC(C)(C)OC(=O)c1c(C)[nH]c2c(=O)n(C)cc(C#CC(C)(C)O)c12. The predicted octanol–water partition coefficient (Wildman–Crippen LogP) is 2.32. The predicted molar refractivity (Wildman–Crippen MR) is 110 cm³/mol. The number of nitrogens with one attached hydrogen (secondary N) is 1. The molecule has 0 aliphatic carbocycles. The Kier molecular flexibility index (Phi) is 5.86. The Morgan fingerprint density at radius 1 is 1.39 bits per heavy atom. The highest BCUT2D eigenvalue weighted by Crippen LogP contribution is 2.26. The summed E-state index contributed by atoms with van der Waals surface area (Å²) >= 11 is 0. The van der Waals surface area contributed by atoms with E-state index in [1.807, 2.05) is 0 Å². The summed E-state index contributed by atoms with van der Waals surface area (Å²) in [7, 11) is 3.27. The molecular formula is C21H27N3O4.